The predicted molar refractivity (Wildman–Crippen MR) is 82.0 cm³/mol. The zero-order valence-electron chi connectivity index (χ0n) is 12.3. The molecule has 1 saturated heterocycles. The van der Waals surface area contributed by atoms with Crippen LogP contribution in [0.5, 0.6) is 0 Å². The molecular weight excluding hydrogens is 328 g/mol. The highest BCUT2D eigenvalue weighted by Crippen LogP contribution is 2.28. The minimum atomic E-state index is -3.53. The molecule has 7 nitrogen and oxygen atoms in total. The zero-order chi connectivity index (χ0) is 16.2. The molecule has 1 aromatic heterocycles. The molecule has 1 aliphatic rings. The number of rotatable bonds is 6. The molecule has 1 aromatic rings. The number of hydrogen-bond acceptors (Lipinski definition) is 6. The number of nitrogens with one attached hydrogen (secondary N) is 1. The minimum absolute atomic E-state index is 0.0196. The van der Waals surface area contributed by atoms with Crippen LogP contribution in [-0.4, -0.2) is 50.0 Å². The van der Waals surface area contributed by atoms with Crippen molar-refractivity contribution in [3.05, 3.63) is 17.0 Å². The summed E-state index contributed by atoms with van der Waals surface area (Å²) in [5, 5.41) is 8.56. The molecule has 0 aliphatic carbocycles. The normalized spacial score (nSPS) is 17.5. The molecule has 124 valence electrons. The first-order chi connectivity index (χ1) is 10.4. The SMILES string of the molecule is CC1CCN(S(=O)(=O)c2ccc(C(=O)NOCCO)s2)CC1. The monoisotopic (exact) mass is 348 g/mol. The number of thiophene rings is 1. The molecule has 2 rings (SSSR count). The molecule has 0 bridgehead atoms. The summed E-state index contributed by atoms with van der Waals surface area (Å²) < 4.78 is 26.7. The van der Waals surface area contributed by atoms with Crippen LogP contribution in [0.4, 0.5) is 0 Å². The number of nitrogens with zero attached hydrogens (tertiary/aromatic N) is 1. The minimum Gasteiger partial charge on any atom is -0.394 e. The van der Waals surface area contributed by atoms with Crippen molar-refractivity contribution in [3.8, 4) is 0 Å². The van der Waals surface area contributed by atoms with E-state index in [0.29, 0.717) is 19.0 Å². The summed E-state index contributed by atoms with van der Waals surface area (Å²) in [4.78, 5) is 16.7. The molecule has 0 atom stereocenters. The number of sulfonamides is 1. The van der Waals surface area contributed by atoms with Gasteiger partial charge in [-0.25, -0.2) is 13.9 Å². The van der Waals surface area contributed by atoms with Crippen molar-refractivity contribution >= 4 is 27.3 Å². The summed E-state index contributed by atoms with van der Waals surface area (Å²) >= 11 is 0.916. The maximum absolute atomic E-state index is 12.5. The number of aliphatic hydroxyl groups is 1. The van der Waals surface area contributed by atoms with E-state index in [-0.39, 0.29) is 22.3 Å². The summed E-state index contributed by atoms with van der Waals surface area (Å²) in [6.45, 7) is 2.92. The molecule has 1 aliphatic heterocycles. The van der Waals surface area contributed by atoms with Crippen molar-refractivity contribution in [2.45, 2.75) is 24.0 Å². The smallest absolute Gasteiger partial charge is 0.284 e. The first-order valence-electron chi connectivity index (χ1n) is 7.08. The molecule has 0 spiro atoms. The van der Waals surface area contributed by atoms with E-state index >= 15 is 0 Å². The van der Waals surface area contributed by atoms with Gasteiger partial charge in [0.05, 0.1) is 18.1 Å². The van der Waals surface area contributed by atoms with Crippen LogP contribution in [0.3, 0.4) is 0 Å². The van der Waals surface area contributed by atoms with Crippen molar-refractivity contribution < 1.29 is 23.2 Å². The molecule has 2 heterocycles. The van der Waals surface area contributed by atoms with E-state index in [2.05, 4.69) is 12.4 Å². The van der Waals surface area contributed by atoms with Gasteiger partial charge in [-0.2, -0.15) is 4.31 Å². The van der Waals surface area contributed by atoms with Crippen LogP contribution in [0.15, 0.2) is 16.3 Å². The Morgan fingerprint density at radius 2 is 2.14 bits per heavy atom. The highest BCUT2D eigenvalue weighted by Gasteiger charge is 2.29. The van der Waals surface area contributed by atoms with Crippen LogP contribution in [0.2, 0.25) is 0 Å². The van der Waals surface area contributed by atoms with Crippen LogP contribution in [0, 0.1) is 5.92 Å². The lowest BCUT2D eigenvalue weighted by atomic mass is 10.0. The number of carbonyl (C=O) groups is 1. The van der Waals surface area contributed by atoms with Crippen molar-refractivity contribution in [2.75, 3.05) is 26.3 Å². The average Bonchev–Trinajstić information content (AvgIpc) is 2.98. The van der Waals surface area contributed by atoms with Gasteiger partial charge in [0.15, 0.2) is 0 Å². The summed E-state index contributed by atoms with van der Waals surface area (Å²) in [5.74, 6) is 0.0203. The van der Waals surface area contributed by atoms with Gasteiger partial charge in [-0.15, -0.1) is 11.3 Å². The van der Waals surface area contributed by atoms with E-state index in [1.165, 1.54) is 16.4 Å². The molecule has 0 aromatic carbocycles. The van der Waals surface area contributed by atoms with Crippen LogP contribution >= 0.6 is 11.3 Å². The number of hydroxylamine groups is 1. The molecule has 2 N–H and O–H groups in total. The number of aliphatic hydroxyl groups excluding tert-OH is 1. The van der Waals surface area contributed by atoms with Gasteiger partial charge in [0.25, 0.3) is 15.9 Å². The maximum Gasteiger partial charge on any atom is 0.284 e. The van der Waals surface area contributed by atoms with E-state index in [4.69, 9.17) is 9.94 Å². The van der Waals surface area contributed by atoms with Gasteiger partial charge < -0.3 is 5.11 Å². The Hall–Kier alpha value is -1.00. The molecule has 1 fully saturated rings. The largest absolute Gasteiger partial charge is 0.394 e. The van der Waals surface area contributed by atoms with Gasteiger partial charge in [0.2, 0.25) is 0 Å². The van der Waals surface area contributed by atoms with Crippen LogP contribution in [-0.2, 0) is 14.9 Å². The lowest BCUT2D eigenvalue weighted by Gasteiger charge is -2.28. The predicted octanol–water partition coefficient (Wildman–Crippen LogP) is 0.822. The second kappa shape index (κ2) is 7.51. The molecule has 0 radical (unpaired) electrons. The summed E-state index contributed by atoms with van der Waals surface area (Å²) in [6.07, 6.45) is 1.71. The van der Waals surface area contributed by atoms with Gasteiger partial charge in [0.1, 0.15) is 4.21 Å². The van der Waals surface area contributed by atoms with Crippen molar-refractivity contribution in [1.29, 1.82) is 0 Å². The lowest BCUT2D eigenvalue weighted by Crippen LogP contribution is -2.37. The van der Waals surface area contributed by atoms with Crippen LogP contribution in [0.1, 0.15) is 29.4 Å². The van der Waals surface area contributed by atoms with E-state index in [0.717, 1.165) is 24.2 Å². The Morgan fingerprint density at radius 3 is 2.77 bits per heavy atom. The third-order valence-electron chi connectivity index (χ3n) is 3.50. The molecule has 9 heteroatoms. The third kappa shape index (κ3) is 4.05. The number of carbonyl (C=O) groups excluding carboxylic acids is 1. The second-order valence-corrected chi connectivity index (χ2v) is 8.46. The lowest BCUT2D eigenvalue weighted by molar-refractivity contribution is 0.0171. The Labute approximate surface area is 133 Å². The van der Waals surface area contributed by atoms with Gasteiger partial charge in [0, 0.05) is 13.1 Å². The fourth-order valence-electron chi connectivity index (χ4n) is 2.15. The fraction of sp³-hybridized carbons (Fsp3) is 0.615. The van der Waals surface area contributed by atoms with E-state index in [9.17, 15) is 13.2 Å². The van der Waals surface area contributed by atoms with E-state index in [1.807, 2.05) is 0 Å². The van der Waals surface area contributed by atoms with Crippen LogP contribution < -0.4 is 5.48 Å². The van der Waals surface area contributed by atoms with Gasteiger partial charge in [-0.05, 0) is 30.9 Å². The molecule has 22 heavy (non-hydrogen) atoms. The second-order valence-electron chi connectivity index (χ2n) is 5.21. The zero-order valence-corrected chi connectivity index (χ0v) is 14.0. The number of amides is 1. The van der Waals surface area contributed by atoms with Gasteiger partial charge >= 0.3 is 0 Å². The standard InChI is InChI=1S/C13H20N2O5S2/c1-10-4-6-15(7-5-10)22(18,19)12-3-2-11(21-12)13(17)14-20-9-8-16/h2-3,10,16H,4-9H2,1H3,(H,14,17). The molecular formula is C13H20N2O5S2. The average molecular weight is 348 g/mol. The molecule has 1 amide bonds. The highest BCUT2D eigenvalue weighted by molar-refractivity contribution is 7.91. The number of hydrogen-bond donors (Lipinski definition) is 2. The number of piperidine rings is 1. The summed E-state index contributed by atoms with van der Waals surface area (Å²) in [6, 6.07) is 2.90. The Bertz CT molecular complexity index is 606. The highest BCUT2D eigenvalue weighted by atomic mass is 32.2. The van der Waals surface area contributed by atoms with E-state index in [1.54, 1.807) is 0 Å². The van der Waals surface area contributed by atoms with Gasteiger partial charge in [-0.3, -0.25) is 9.63 Å². The quantitative estimate of drug-likeness (QED) is 0.586. The third-order valence-corrected chi connectivity index (χ3v) is 6.95. The van der Waals surface area contributed by atoms with Crippen LogP contribution in [0.25, 0.3) is 0 Å². The van der Waals surface area contributed by atoms with Crippen molar-refractivity contribution in [2.24, 2.45) is 5.92 Å². The van der Waals surface area contributed by atoms with E-state index < -0.39 is 15.9 Å². The van der Waals surface area contributed by atoms with Crippen molar-refractivity contribution in [3.63, 3.8) is 0 Å². The fourth-order valence-corrected chi connectivity index (χ4v) is 4.96. The maximum atomic E-state index is 12.5. The Kier molecular flexibility index (Phi) is 5.93. The Balaban J connectivity index is 2.05. The summed E-state index contributed by atoms with van der Waals surface area (Å²) in [5.41, 5.74) is 2.15. The Morgan fingerprint density at radius 1 is 1.45 bits per heavy atom. The van der Waals surface area contributed by atoms with Gasteiger partial charge in [-0.1, -0.05) is 6.92 Å². The van der Waals surface area contributed by atoms with Crippen molar-refractivity contribution in [1.82, 2.24) is 9.79 Å². The molecule has 0 unspecified atom stereocenters. The first-order valence-corrected chi connectivity index (χ1v) is 9.33. The summed E-state index contributed by atoms with van der Waals surface area (Å²) in [7, 11) is -3.53. The topological polar surface area (TPSA) is 95.9 Å². The molecule has 0 saturated carbocycles. The first kappa shape index (κ1) is 17.4.